The summed E-state index contributed by atoms with van der Waals surface area (Å²) in [5, 5.41) is 26.3. The number of nitrogens with one attached hydrogen (secondary N) is 3. The molecule has 7 N–H and O–H groups in total. The Kier molecular flexibility index (Phi) is 6.16. The van der Waals surface area contributed by atoms with Crippen molar-refractivity contribution in [1.82, 2.24) is 20.4 Å². The standard InChI is InChI=1S/C20H25N7O6/c21-20-25-18(31)15-16-23-8-12(26(15)9-27(16)20)7-22-11-3-1-10(2-4-11)17(30)24-13(19(32)33)5-6-14(28)29/h1-4,12-13,15,20,22H,5-9,21H2,(H,24,30)(H,25,31)(H,28,29)(H,32,33). The molecule has 2 amide bonds. The van der Waals surface area contributed by atoms with E-state index in [4.69, 9.17) is 10.8 Å². The van der Waals surface area contributed by atoms with Gasteiger partial charge in [0, 0.05) is 30.3 Å². The highest BCUT2D eigenvalue weighted by molar-refractivity contribution is 6.10. The van der Waals surface area contributed by atoms with Crippen LogP contribution < -0.4 is 21.7 Å². The molecule has 0 spiro atoms. The number of carbonyl (C=O) groups excluding carboxylic acids is 2. The first-order valence-electron chi connectivity index (χ1n) is 10.5. The fourth-order valence-corrected chi connectivity index (χ4v) is 4.17. The van der Waals surface area contributed by atoms with Crippen molar-refractivity contribution >= 4 is 35.3 Å². The number of anilines is 1. The number of aliphatic imine (C=N–C) groups is 1. The molecule has 5 atom stereocenters. The van der Waals surface area contributed by atoms with Crippen LogP contribution in [0.5, 0.6) is 0 Å². The zero-order valence-corrected chi connectivity index (χ0v) is 17.6. The minimum absolute atomic E-state index is 0.0201. The van der Waals surface area contributed by atoms with Crippen molar-refractivity contribution in [2.45, 2.75) is 37.3 Å². The fourth-order valence-electron chi connectivity index (χ4n) is 4.17. The minimum atomic E-state index is -1.29. The molecule has 3 aliphatic heterocycles. The highest BCUT2D eigenvalue weighted by atomic mass is 16.4. The number of nitrogens with two attached hydrogens (primary N) is 1. The predicted octanol–water partition coefficient (Wildman–Crippen LogP) is -1.76. The number of rotatable bonds is 9. The maximum atomic E-state index is 12.4. The fraction of sp³-hybridized carbons (Fsp3) is 0.450. The summed E-state index contributed by atoms with van der Waals surface area (Å²) in [4.78, 5) is 55.1. The van der Waals surface area contributed by atoms with E-state index in [0.717, 1.165) is 5.69 Å². The topological polar surface area (TPSA) is 190 Å². The van der Waals surface area contributed by atoms with Gasteiger partial charge >= 0.3 is 11.9 Å². The molecule has 2 fully saturated rings. The quantitative estimate of drug-likeness (QED) is 0.247. The largest absolute Gasteiger partial charge is 0.481 e. The molecule has 3 aliphatic rings. The third-order valence-corrected chi connectivity index (χ3v) is 5.93. The Morgan fingerprint density at radius 2 is 1.97 bits per heavy atom. The number of nitrogens with zero attached hydrogens (tertiary/aromatic N) is 3. The van der Waals surface area contributed by atoms with Gasteiger partial charge in [-0.15, -0.1) is 0 Å². The molecule has 0 radical (unpaired) electrons. The van der Waals surface area contributed by atoms with E-state index in [1.807, 2.05) is 4.90 Å². The summed E-state index contributed by atoms with van der Waals surface area (Å²) in [7, 11) is 0. The van der Waals surface area contributed by atoms with Gasteiger partial charge in [-0.3, -0.25) is 30.0 Å². The van der Waals surface area contributed by atoms with Gasteiger partial charge in [-0.25, -0.2) is 4.79 Å². The first-order valence-corrected chi connectivity index (χ1v) is 10.5. The van der Waals surface area contributed by atoms with Crippen LogP contribution in [-0.4, -0.2) is 93.8 Å². The van der Waals surface area contributed by atoms with E-state index in [2.05, 4.69) is 25.8 Å². The minimum Gasteiger partial charge on any atom is -0.481 e. The van der Waals surface area contributed by atoms with Crippen molar-refractivity contribution in [3.8, 4) is 0 Å². The number of amides is 2. The molecule has 4 rings (SSSR count). The van der Waals surface area contributed by atoms with Gasteiger partial charge in [0.2, 0.25) is 5.91 Å². The van der Waals surface area contributed by atoms with Crippen molar-refractivity contribution in [3.63, 3.8) is 0 Å². The summed E-state index contributed by atoms with van der Waals surface area (Å²) in [5.41, 5.74) is 6.96. The van der Waals surface area contributed by atoms with Gasteiger partial charge < -0.3 is 31.1 Å². The number of aliphatic carboxylic acids is 2. The van der Waals surface area contributed by atoms with Crippen LogP contribution in [0.4, 0.5) is 5.69 Å². The number of carboxylic acid groups (broad SMARTS) is 2. The lowest BCUT2D eigenvalue weighted by Gasteiger charge is -2.35. The molecule has 0 aromatic heterocycles. The van der Waals surface area contributed by atoms with Crippen LogP contribution in [0, 0.1) is 0 Å². The maximum Gasteiger partial charge on any atom is 0.326 e. The van der Waals surface area contributed by atoms with Crippen LogP contribution in [0.1, 0.15) is 23.2 Å². The molecule has 13 nitrogen and oxygen atoms in total. The molecule has 1 aromatic carbocycles. The summed E-state index contributed by atoms with van der Waals surface area (Å²) >= 11 is 0. The first-order chi connectivity index (χ1) is 15.7. The number of carboxylic acids is 2. The number of hydrogen-bond donors (Lipinski definition) is 6. The van der Waals surface area contributed by atoms with E-state index >= 15 is 0 Å². The molecular formula is C20H25N7O6. The first kappa shape index (κ1) is 22.5. The molecule has 2 saturated heterocycles. The van der Waals surface area contributed by atoms with Gasteiger partial charge in [-0.1, -0.05) is 0 Å². The molecule has 0 saturated carbocycles. The summed E-state index contributed by atoms with van der Waals surface area (Å²) < 4.78 is 0. The Morgan fingerprint density at radius 1 is 1.24 bits per heavy atom. The molecule has 5 unspecified atom stereocenters. The van der Waals surface area contributed by atoms with Gasteiger partial charge in [0.1, 0.15) is 17.9 Å². The second-order valence-electron chi connectivity index (χ2n) is 8.09. The molecular weight excluding hydrogens is 434 g/mol. The zero-order valence-electron chi connectivity index (χ0n) is 17.6. The number of hydrogen-bond acceptors (Lipinski definition) is 9. The second-order valence-corrected chi connectivity index (χ2v) is 8.09. The Morgan fingerprint density at radius 3 is 2.64 bits per heavy atom. The number of benzene rings is 1. The van der Waals surface area contributed by atoms with Gasteiger partial charge in [0.25, 0.3) is 5.91 Å². The Bertz CT molecular complexity index is 997. The zero-order chi connectivity index (χ0) is 23.7. The highest BCUT2D eigenvalue weighted by Gasteiger charge is 2.52. The number of amidine groups is 1. The van der Waals surface area contributed by atoms with Crippen LogP contribution in [0.3, 0.4) is 0 Å². The van der Waals surface area contributed by atoms with Crippen molar-refractivity contribution in [1.29, 1.82) is 0 Å². The summed E-state index contributed by atoms with van der Waals surface area (Å²) in [6.07, 6.45) is -1.15. The smallest absolute Gasteiger partial charge is 0.326 e. The van der Waals surface area contributed by atoms with Crippen LogP contribution in [0.15, 0.2) is 29.3 Å². The molecule has 176 valence electrons. The monoisotopic (exact) mass is 459 g/mol. The van der Waals surface area contributed by atoms with Crippen molar-refractivity contribution in [2.75, 3.05) is 25.1 Å². The molecule has 3 heterocycles. The van der Waals surface area contributed by atoms with Gasteiger partial charge in [-0.2, -0.15) is 0 Å². The van der Waals surface area contributed by atoms with Crippen LogP contribution in [0.25, 0.3) is 0 Å². The third kappa shape index (κ3) is 4.59. The predicted molar refractivity (Wildman–Crippen MR) is 115 cm³/mol. The summed E-state index contributed by atoms with van der Waals surface area (Å²) in [5.74, 6) is -2.48. The summed E-state index contributed by atoms with van der Waals surface area (Å²) in [6, 6.07) is 4.73. The SMILES string of the molecule is NC1NC(=O)C2C3=NCC(CNc4ccc(C(=O)NC(CCC(=O)O)C(=O)O)cc4)N2CN31. The molecule has 13 heteroatoms. The average Bonchev–Trinajstić information content (AvgIpc) is 2.98. The Hall–Kier alpha value is -3.71. The van der Waals surface area contributed by atoms with E-state index in [-0.39, 0.29) is 30.4 Å². The highest BCUT2D eigenvalue weighted by Crippen LogP contribution is 2.28. The molecule has 4 bridgehead atoms. The van der Waals surface area contributed by atoms with Crippen molar-refractivity contribution in [2.24, 2.45) is 10.7 Å². The molecule has 1 aromatic rings. The van der Waals surface area contributed by atoms with E-state index in [0.29, 0.717) is 25.6 Å². The van der Waals surface area contributed by atoms with E-state index in [1.165, 1.54) is 0 Å². The third-order valence-electron chi connectivity index (χ3n) is 5.93. The van der Waals surface area contributed by atoms with E-state index < -0.39 is 36.2 Å². The number of carbonyl (C=O) groups is 4. The van der Waals surface area contributed by atoms with Crippen molar-refractivity contribution in [3.05, 3.63) is 29.8 Å². The Balaban J connectivity index is 1.33. The van der Waals surface area contributed by atoms with Crippen LogP contribution in [0.2, 0.25) is 0 Å². The normalized spacial score (nSPS) is 26.2. The average molecular weight is 459 g/mol. The Labute approximate surface area is 188 Å². The van der Waals surface area contributed by atoms with Gasteiger partial charge in [-0.05, 0) is 30.7 Å². The lowest BCUT2D eigenvalue weighted by molar-refractivity contribution is -0.140. The van der Waals surface area contributed by atoms with Gasteiger partial charge in [0.15, 0.2) is 6.29 Å². The van der Waals surface area contributed by atoms with E-state index in [9.17, 15) is 24.3 Å². The lowest BCUT2D eigenvalue weighted by atomic mass is 10.1. The molecule has 0 aliphatic carbocycles. The van der Waals surface area contributed by atoms with E-state index in [1.54, 1.807) is 24.3 Å². The summed E-state index contributed by atoms with van der Waals surface area (Å²) in [6.45, 7) is 1.57. The van der Waals surface area contributed by atoms with Crippen LogP contribution >= 0.6 is 0 Å². The molecule has 33 heavy (non-hydrogen) atoms. The van der Waals surface area contributed by atoms with Crippen LogP contribution in [-0.2, 0) is 14.4 Å². The maximum absolute atomic E-state index is 12.4. The lowest BCUT2D eigenvalue weighted by Crippen LogP contribution is -2.64. The van der Waals surface area contributed by atoms with Gasteiger partial charge in [0.05, 0.1) is 13.2 Å². The van der Waals surface area contributed by atoms with Crippen molar-refractivity contribution < 1.29 is 29.4 Å². The second kappa shape index (κ2) is 9.03.